The van der Waals surface area contributed by atoms with Crippen molar-refractivity contribution in [1.82, 2.24) is 20.4 Å². The number of hydrogen-bond acceptors (Lipinski definition) is 10. The fourth-order valence-corrected chi connectivity index (χ4v) is 9.29. The van der Waals surface area contributed by atoms with Crippen LogP contribution in [0.3, 0.4) is 0 Å². The van der Waals surface area contributed by atoms with E-state index in [9.17, 15) is 20.4 Å². The Labute approximate surface area is 359 Å². The molecule has 1 aliphatic rings. The summed E-state index contributed by atoms with van der Waals surface area (Å²) in [5, 5.41) is 49.9. The van der Waals surface area contributed by atoms with Gasteiger partial charge in [0, 0.05) is 39.3 Å². The lowest BCUT2D eigenvalue weighted by atomic mass is 9.91. The minimum absolute atomic E-state index is 0.132. The largest absolute Gasteiger partial charge is 0.392 e. The summed E-state index contributed by atoms with van der Waals surface area (Å²) < 4.78 is 0. The van der Waals surface area contributed by atoms with Crippen LogP contribution in [0.1, 0.15) is 207 Å². The molecule has 0 bridgehead atoms. The third-order valence-corrected chi connectivity index (χ3v) is 13.0. The van der Waals surface area contributed by atoms with Crippen molar-refractivity contribution < 1.29 is 20.4 Å². The number of nitrogens with zero attached hydrogens (tertiary/aromatic N) is 2. The monoisotopic (exact) mass is 827 g/mol. The van der Waals surface area contributed by atoms with E-state index < -0.39 is 24.4 Å². The second-order valence-corrected chi connectivity index (χ2v) is 18.6. The molecule has 0 aromatic heterocycles. The molecular formula is C48H102N6O4. The zero-order valence-electron chi connectivity index (χ0n) is 38.9. The summed E-state index contributed by atoms with van der Waals surface area (Å²) in [6.07, 6.45) is 32.9. The first-order valence-electron chi connectivity index (χ1n) is 25.2. The Balaban J connectivity index is 2.49. The molecule has 8 atom stereocenters. The van der Waals surface area contributed by atoms with E-state index in [1.807, 2.05) is 13.8 Å². The Bertz CT molecular complexity index is 796. The Hall–Kier alpha value is -0.400. The third kappa shape index (κ3) is 29.0. The van der Waals surface area contributed by atoms with E-state index in [1.54, 1.807) is 0 Å². The quantitative estimate of drug-likeness (QED) is 0.0283. The topological polar surface area (TPSA) is 164 Å². The van der Waals surface area contributed by atoms with E-state index in [1.165, 1.54) is 141 Å². The van der Waals surface area contributed by atoms with Crippen LogP contribution in [0.15, 0.2) is 0 Å². The molecule has 0 aliphatic carbocycles. The van der Waals surface area contributed by atoms with E-state index in [0.717, 1.165) is 77.8 Å². The van der Waals surface area contributed by atoms with Crippen LogP contribution in [0, 0.1) is 11.8 Å². The van der Waals surface area contributed by atoms with Gasteiger partial charge in [0.15, 0.2) is 0 Å². The molecule has 0 radical (unpaired) electrons. The maximum Gasteiger partial charge on any atom is 0.0863 e. The third-order valence-electron chi connectivity index (χ3n) is 13.0. The minimum Gasteiger partial charge on any atom is -0.392 e. The fourth-order valence-electron chi connectivity index (χ4n) is 9.29. The second kappa shape index (κ2) is 38.3. The summed E-state index contributed by atoms with van der Waals surface area (Å²) in [6, 6.07) is 0. The van der Waals surface area contributed by atoms with Crippen LogP contribution >= 0.6 is 0 Å². The lowest BCUT2D eigenvalue weighted by Crippen LogP contribution is -2.63. The summed E-state index contributed by atoms with van der Waals surface area (Å²) in [6.45, 7) is 13.8. The average Bonchev–Trinajstić information content (AvgIpc) is 3.21. The van der Waals surface area contributed by atoms with Crippen molar-refractivity contribution in [3.8, 4) is 0 Å². The normalized spacial score (nSPS) is 18.5. The van der Waals surface area contributed by atoms with Crippen molar-refractivity contribution in [2.75, 3.05) is 52.4 Å². The van der Waals surface area contributed by atoms with Gasteiger partial charge < -0.3 is 31.9 Å². The number of piperazine rings is 1. The van der Waals surface area contributed by atoms with Gasteiger partial charge in [0.2, 0.25) is 0 Å². The number of aliphatic hydroxyl groups excluding tert-OH is 4. The summed E-state index contributed by atoms with van der Waals surface area (Å²) >= 11 is 0. The molecule has 0 aromatic carbocycles. The minimum atomic E-state index is -0.516. The van der Waals surface area contributed by atoms with Gasteiger partial charge in [-0.3, -0.25) is 20.4 Å². The Morgan fingerprint density at radius 2 is 0.707 bits per heavy atom. The molecule has 10 heteroatoms. The van der Waals surface area contributed by atoms with E-state index >= 15 is 0 Å². The highest BCUT2D eigenvalue weighted by molar-refractivity contribution is 4.85. The highest BCUT2D eigenvalue weighted by Crippen LogP contribution is 2.23. The number of aliphatic hydroxyl groups is 4. The van der Waals surface area contributed by atoms with Crippen LogP contribution in [0.5, 0.6) is 0 Å². The number of nitrogens with one attached hydrogen (secondary N) is 2. The van der Waals surface area contributed by atoms with Gasteiger partial charge in [0.05, 0.1) is 36.7 Å². The van der Waals surface area contributed by atoms with E-state index in [-0.39, 0.29) is 12.3 Å². The SMILES string of the molecule is CCCCCCCCCCCCCC(CCNC(C(C)O)N1CCN(C(NCCC(CCCCCCCCCCCCC)CC(O)CN)C(C)O)CC1)CC(O)CN. The lowest BCUT2D eigenvalue weighted by molar-refractivity contribution is -0.0262. The van der Waals surface area contributed by atoms with Crippen molar-refractivity contribution in [2.24, 2.45) is 23.3 Å². The number of hydrogen-bond donors (Lipinski definition) is 8. The molecule has 8 unspecified atom stereocenters. The number of rotatable bonds is 42. The van der Waals surface area contributed by atoms with Crippen molar-refractivity contribution >= 4 is 0 Å². The first-order chi connectivity index (χ1) is 28.2. The van der Waals surface area contributed by atoms with Crippen LogP contribution in [0.4, 0.5) is 0 Å². The highest BCUT2D eigenvalue weighted by Gasteiger charge is 2.31. The Morgan fingerprint density at radius 1 is 0.431 bits per heavy atom. The van der Waals surface area contributed by atoms with Gasteiger partial charge in [0.1, 0.15) is 0 Å². The average molecular weight is 827 g/mol. The van der Waals surface area contributed by atoms with Gasteiger partial charge in [0.25, 0.3) is 0 Å². The lowest BCUT2D eigenvalue weighted by Gasteiger charge is -2.44. The number of unbranched alkanes of at least 4 members (excludes halogenated alkanes) is 20. The molecule has 0 spiro atoms. The molecule has 58 heavy (non-hydrogen) atoms. The van der Waals surface area contributed by atoms with Crippen molar-refractivity contribution in [1.29, 1.82) is 0 Å². The molecule has 10 N–H and O–H groups in total. The van der Waals surface area contributed by atoms with Crippen LogP contribution in [0.2, 0.25) is 0 Å². The molecule has 0 saturated carbocycles. The summed E-state index contributed by atoms with van der Waals surface area (Å²) in [5.41, 5.74) is 11.6. The molecule has 1 saturated heterocycles. The van der Waals surface area contributed by atoms with Gasteiger partial charge in [-0.25, -0.2) is 0 Å². The summed E-state index contributed by atoms with van der Waals surface area (Å²) in [7, 11) is 0. The standard InChI is InChI=1S/C48H102N6O4/c1-5-7-9-11-13-15-17-19-21-23-25-27-43(37-45(57)39-49)29-31-51-47(41(3)55)53-33-35-54(36-34-53)48(42(4)56)52-32-30-44(38-46(58)40-50)28-26-24-22-20-18-16-14-12-10-8-6-2/h41-48,51-52,55-58H,5-40,49-50H2,1-4H3. The van der Waals surface area contributed by atoms with Crippen LogP contribution in [0.25, 0.3) is 0 Å². The molecular weight excluding hydrogens is 725 g/mol. The summed E-state index contributed by atoms with van der Waals surface area (Å²) in [5.74, 6) is 0.846. The van der Waals surface area contributed by atoms with Gasteiger partial charge in [-0.05, 0) is 64.5 Å². The first kappa shape index (κ1) is 55.6. The van der Waals surface area contributed by atoms with Crippen LogP contribution < -0.4 is 22.1 Å². The Morgan fingerprint density at radius 3 is 0.966 bits per heavy atom. The molecule has 0 amide bonds. The zero-order chi connectivity index (χ0) is 42.6. The predicted molar refractivity (Wildman–Crippen MR) is 248 cm³/mol. The maximum atomic E-state index is 10.8. The first-order valence-corrected chi connectivity index (χ1v) is 25.2. The van der Waals surface area contributed by atoms with Gasteiger partial charge in [-0.2, -0.15) is 0 Å². The van der Waals surface area contributed by atoms with E-state index in [2.05, 4.69) is 34.3 Å². The number of nitrogens with two attached hydrogens (primary N) is 2. The molecule has 348 valence electrons. The van der Waals surface area contributed by atoms with E-state index in [4.69, 9.17) is 11.5 Å². The fraction of sp³-hybridized carbons (Fsp3) is 1.00. The molecule has 1 heterocycles. The molecule has 1 fully saturated rings. The summed E-state index contributed by atoms with van der Waals surface area (Å²) in [4.78, 5) is 4.71. The zero-order valence-corrected chi connectivity index (χ0v) is 38.9. The maximum absolute atomic E-state index is 10.8. The van der Waals surface area contributed by atoms with Gasteiger partial charge in [-0.15, -0.1) is 0 Å². The smallest absolute Gasteiger partial charge is 0.0863 e. The Kier molecular flexibility index (Phi) is 36.7. The van der Waals surface area contributed by atoms with Crippen LogP contribution in [-0.4, -0.2) is 119 Å². The molecule has 10 nitrogen and oxygen atoms in total. The van der Waals surface area contributed by atoms with Gasteiger partial charge in [-0.1, -0.05) is 168 Å². The highest BCUT2D eigenvalue weighted by atomic mass is 16.3. The van der Waals surface area contributed by atoms with Gasteiger partial charge >= 0.3 is 0 Å². The molecule has 0 aromatic rings. The second-order valence-electron chi connectivity index (χ2n) is 18.6. The molecule has 1 aliphatic heterocycles. The van der Waals surface area contributed by atoms with Crippen LogP contribution in [-0.2, 0) is 0 Å². The van der Waals surface area contributed by atoms with E-state index in [0.29, 0.717) is 24.9 Å². The van der Waals surface area contributed by atoms with Crippen molar-refractivity contribution in [3.05, 3.63) is 0 Å². The van der Waals surface area contributed by atoms with Crippen molar-refractivity contribution in [2.45, 2.75) is 244 Å². The predicted octanol–water partition coefficient (Wildman–Crippen LogP) is 8.03. The van der Waals surface area contributed by atoms with Crippen molar-refractivity contribution in [3.63, 3.8) is 0 Å². The molecule has 1 rings (SSSR count).